The van der Waals surface area contributed by atoms with E-state index in [0.29, 0.717) is 39.2 Å². The van der Waals surface area contributed by atoms with E-state index in [1.807, 2.05) is 6.07 Å². The molecule has 0 saturated heterocycles. The molecular weight excluding hydrogens is 400 g/mol. The number of anilines is 1. The second-order valence-corrected chi connectivity index (χ2v) is 9.86. The van der Waals surface area contributed by atoms with Gasteiger partial charge in [-0.1, -0.05) is 20.8 Å². The molecule has 0 aliphatic heterocycles. The summed E-state index contributed by atoms with van der Waals surface area (Å²) in [4.78, 5) is 18.3. The molecular formula is C22H24N4OS2. The maximum atomic E-state index is 12.5. The van der Waals surface area contributed by atoms with Crippen LogP contribution in [0.5, 0.6) is 0 Å². The van der Waals surface area contributed by atoms with E-state index in [4.69, 9.17) is 0 Å². The zero-order valence-corrected chi connectivity index (χ0v) is 18.5. The first-order valence-corrected chi connectivity index (χ1v) is 11.6. The first-order chi connectivity index (χ1) is 13.9. The molecule has 0 saturated carbocycles. The normalized spacial score (nSPS) is 15.4. The summed E-state index contributed by atoms with van der Waals surface area (Å²) in [6.07, 6.45) is 3.28. The van der Waals surface area contributed by atoms with Crippen molar-refractivity contribution in [2.24, 2.45) is 5.92 Å². The van der Waals surface area contributed by atoms with Crippen molar-refractivity contribution < 1.29 is 4.79 Å². The zero-order chi connectivity index (χ0) is 21.0. The third-order valence-electron chi connectivity index (χ3n) is 5.04. The van der Waals surface area contributed by atoms with Gasteiger partial charge in [-0.3, -0.25) is 4.79 Å². The van der Waals surface area contributed by atoms with Gasteiger partial charge in [-0.15, -0.1) is 23.1 Å². The highest BCUT2D eigenvalue weighted by Crippen LogP contribution is 2.39. The number of hydrogen-bond donors (Lipinski definition) is 1. The fraction of sp³-hybridized carbons (Fsp3) is 0.455. The van der Waals surface area contributed by atoms with Gasteiger partial charge in [-0.2, -0.15) is 10.5 Å². The summed E-state index contributed by atoms with van der Waals surface area (Å²) in [5, 5.41) is 23.1. The first-order valence-electron chi connectivity index (χ1n) is 9.81. The molecule has 1 aliphatic rings. The predicted molar refractivity (Wildman–Crippen MR) is 117 cm³/mol. The highest BCUT2D eigenvalue weighted by atomic mass is 32.2. The van der Waals surface area contributed by atoms with Crippen molar-refractivity contribution in [2.75, 3.05) is 11.1 Å². The summed E-state index contributed by atoms with van der Waals surface area (Å²) in [7, 11) is 0. The number of thiophene rings is 1. The lowest BCUT2D eigenvalue weighted by Gasteiger charge is -2.17. The highest BCUT2D eigenvalue weighted by Gasteiger charge is 2.24. The largest absolute Gasteiger partial charge is 0.317 e. The summed E-state index contributed by atoms with van der Waals surface area (Å²) >= 11 is 2.97. The Balaban J connectivity index is 1.63. The fourth-order valence-electron chi connectivity index (χ4n) is 3.36. The van der Waals surface area contributed by atoms with Crippen LogP contribution < -0.4 is 5.32 Å². The van der Waals surface area contributed by atoms with Gasteiger partial charge in [0.25, 0.3) is 0 Å². The van der Waals surface area contributed by atoms with Crippen LogP contribution in [-0.4, -0.2) is 16.6 Å². The minimum absolute atomic E-state index is 0.112. The third-order valence-corrected chi connectivity index (χ3v) is 7.20. The quantitative estimate of drug-likeness (QED) is 0.639. The molecule has 0 bridgehead atoms. The summed E-state index contributed by atoms with van der Waals surface area (Å²) in [6, 6.07) is 8.12. The molecule has 3 rings (SSSR count). The molecule has 29 heavy (non-hydrogen) atoms. The smallest absolute Gasteiger partial charge is 0.225 e. The number of nitriles is 2. The molecule has 2 heterocycles. The van der Waals surface area contributed by atoms with E-state index in [0.717, 1.165) is 30.5 Å². The molecule has 2 aromatic heterocycles. The van der Waals surface area contributed by atoms with Gasteiger partial charge in [0.2, 0.25) is 5.91 Å². The molecule has 1 amide bonds. The van der Waals surface area contributed by atoms with Crippen LogP contribution in [0.4, 0.5) is 5.00 Å². The molecule has 150 valence electrons. The number of nitrogens with one attached hydrogen (secondary N) is 1. The van der Waals surface area contributed by atoms with Crippen molar-refractivity contribution >= 4 is 34.0 Å². The lowest BCUT2D eigenvalue weighted by molar-refractivity contribution is -0.115. The Bertz CT molecular complexity index is 997. The number of carbonyl (C=O) groups is 1. The Morgan fingerprint density at radius 2 is 2.17 bits per heavy atom. The molecule has 0 spiro atoms. The van der Waals surface area contributed by atoms with Crippen LogP contribution >= 0.6 is 23.1 Å². The topological polar surface area (TPSA) is 89.6 Å². The Morgan fingerprint density at radius 3 is 2.86 bits per heavy atom. The average Bonchev–Trinajstić information content (AvgIpc) is 3.03. The standard InChI is InChI=1S/C22H24N4OS2/c1-13(2)18-7-5-15(11-23)21(25-18)28-9-8-20(27)26-22-17(12-24)16-6-4-14(3)10-19(16)29-22/h5,7,13-14H,4,6,8-10H2,1-3H3,(H,26,27). The average molecular weight is 425 g/mol. The molecule has 1 N–H and O–H groups in total. The Morgan fingerprint density at radius 1 is 1.38 bits per heavy atom. The zero-order valence-electron chi connectivity index (χ0n) is 16.9. The van der Waals surface area contributed by atoms with E-state index in [9.17, 15) is 15.3 Å². The fourth-order valence-corrected chi connectivity index (χ4v) is 5.66. The van der Waals surface area contributed by atoms with Gasteiger partial charge < -0.3 is 5.32 Å². The van der Waals surface area contributed by atoms with E-state index >= 15 is 0 Å². The predicted octanol–water partition coefficient (Wildman–Crippen LogP) is 5.26. The van der Waals surface area contributed by atoms with Gasteiger partial charge in [0, 0.05) is 22.7 Å². The molecule has 1 atom stereocenters. The Hall–Kier alpha value is -2.35. The second-order valence-electron chi connectivity index (χ2n) is 7.67. The van der Waals surface area contributed by atoms with E-state index in [1.165, 1.54) is 16.6 Å². The summed E-state index contributed by atoms with van der Waals surface area (Å²) < 4.78 is 0. The van der Waals surface area contributed by atoms with Crippen LogP contribution in [0, 0.1) is 28.6 Å². The third kappa shape index (κ3) is 4.98. The van der Waals surface area contributed by atoms with E-state index in [2.05, 4.69) is 43.2 Å². The van der Waals surface area contributed by atoms with Crippen LogP contribution in [0.3, 0.4) is 0 Å². The highest BCUT2D eigenvalue weighted by molar-refractivity contribution is 7.99. The van der Waals surface area contributed by atoms with Crippen molar-refractivity contribution in [1.82, 2.24) is 4.98 Å². The number of nitrogens with zero attached hydrogens (tertiary/aromatic N) is 3. The summed E-state index contributed by atoms with van der Waals surface area (Å²) in [5.74, 6) is 1.32. The van der Waals surface area contributed by atoms with Crippen molar-refractivity contribution in [3.8, 4) is 12.1 Å². The number of carbonyl (C=O) groups excluding carboxylic acids is 1. The van der Waals surface area contributed by atoms with Crippen LogP contribution in [-0.2, 0) is 17.6 Å². The Labute approximate surface area is 180 Å². The van der Waals surface area contributed by atoms with Gasteiger partial charge in [-0.25, -0.2) is 4.98 Å². The van der Waals surface area contributed by atoms with Crippen molar-refractivity contribution in [1.29, 1.82) is 10.5 Å². The number of fused-ring (bicyclic) bond motifs is 1. The molecule has 2 aromatic rings. The number of pyridine rings is 1. The molecule has 1 aliphatic carbocycles. The molecule has 5 nitrogen and oxygen atoms in total. The maximum Gasteiger partial charge on any atom is 0.225 e. The number of rotatable bonds is 6. The lowest BCUT2D eigenvalue weighted by atomic mass is 9.89. The van der Waals surface area contributed by atoms with Gasteiger partial charge in [-0.05, 0) is 48.8 Å². The monoisotopic (exact) mass is 424 g/mol. The van der Waals surface area contributed by atoms with E-state index in [1.54, 1.807) is 17.4 Å². The van der Waals surface area contributed by atoms with Crippen LogP contribution in [0.2, 0.25) is 0 Å². The number of thioether (sulfide) groups is 1. The minimum atomic E-state index is -0.112. The van der Waals surface area contributed by atoms with Crippen molar-refractivity contribution in [3.05, 3.63) is 39.4 Å². The molecule has 0 fully saturated rings. The van der Waals surface area contributed by atoms with Crippen LogP contribution in [0.25, 0.3) is 0 Å². The molecule has 1 unspecified atom stereocenters. The first kappa shape index (κ1) is 21.4. The van der Waals surface area contributed by atoms with Crippen molar-refractivity contribution in [2.45, 2.75) is 57.4 Å². The van der Waals surface area contributed by atoms with E-state index in [-0.39, 0.29) is 11.8 Å². The van der Waals surface area contributed by atoms with Crippen LogP contribution in [0.15, 0.2) is 17.2 Å². The number of aromatic nitrogens is 1. The maximum absolute atomic E-state index is 12.5. The summed E-state index contributed by atoms with van der Waals surface area (Å²) in [5.41, 5.74) is 3.23. The summed E-state index contributed by atoms with van der Waals surface area (Å²) in [6.45, 7) is 6.34. The van der Waals surface area contributed by atoms with Gasteiger partial charge in [0.1, 0.15) is 22.2 Å². The van der Waals surface area contributed by atoms with Gasteiger partial charge in [0.15, 0.2) is 0 Å². The molecule has 0 aromatic carbocycles. The second kappa shape index (κ2) is 9.43. The van der Waals surface area contributed by atoms with E-state index < -0.39 is 0 Å². The van der Waals surface area contributed by atoms with Crippen LogP contribution in [0.1, 0.15) is 66.8 Å². The lowest BCUT2D eigenvalue weighted by Crippen LogP contribution is -2.12. The molecule has 7 heteroatoms. The van der Waals surface area contributed by atoms with Gasteiger partial charge in [0.05, 0.1) is 11.1 Å². The SMILES string of the molecule is CC1CCc2c(sc(NC(=O)CCSc3nc(C(C)C)ccc3C#N)c2C#N)C1. The van der Waals surface area contributed by atoms with Gasteiger partial charge >= 0.3 is 0 Å². The van der Waals surface area contributed by atoms with Crippen molar-refractivity contribution in [3.63, 3.8) is 0 Å². The minimum Gasteiger partial charge on any atom is -0.317 e. The number of amides is 1. The Kier molecular flexibility index (Phi) is 6.95. The molecule has 0 radical (unpaired) electrons. The number of hydrogen-bond acceptors (Lipinski definition) is 6.